The highest BCUT2D eigenvalue weighted by Gasteiger charge is 2.21. The van der Waals surface area contributed by atoms with Gasteiger partial charge in [-0.2, -0.15) is 9.36 Å². The molecule has 0 radical (unpaired) electrons. The van der Waals surface area contributed by atoms with Crippen LogP contribution in [0.15, 0.2) is 42.1 Å². The van der Waals surface area contributed by atoms with E-state index in [0.29, 0.717) is 11.0 Å². The van der Waals surface area contributed by atoms with E-state index >= 15 is 0 Å². The molecule has 0 saturated heterocycles. The van der Waals surface area contributed by atoms with E-state index in [1.54, 1.807) is 13.8 Å². The zero-order valence-electron chi connectivity index (χ0n) is 13.3. The number of ether oxygens (including phenoxy) is 2. The minimum absolute atomic E-state index is 0.159. The summed E-state index contributed by atoms with van der Waals surface area (Å²) in [6, 6.07) is 9.48. The average molecular weight is 347 g/mol. The summed E-state index contributed by atoms with van der Waals surface area (Å²) in [5.41, 5.74) is 0.650. The predicted octanol–water partition coefficient (Wildman–Crippen LogP) is 2.63. The molecule has 0 atom stereocenters. The molecular formula is C16H17N3O4S. The molecule has 1 N–H and O–H groups in total. The summed E-state index contributed by atoms with van der Waals surface area (Å²) in [7, 11) is 0. The Hall–Kier alpha value is -2.74. The first-order chi connectivity index (χ1) is 11.7. The van der Waals surface area contributed by atoms with Gasteiger partial charge in [0.2, 0.25) is 5.13 Å². The summed E-state index contributed by atoms with van der Waals surface area (Å²) in [6.07, 6.45) is 1.23. The smallest absolute Gasteiger partial charge is 0.347 e. The molecule has 24 heavy (non-hydrogen) atoms. The van der Waals surface area contributed by atoms with Crippen molar-refractivity contribution in [2.75, 3.05) is 18.5 Å². The SMILES string of the molecule is CCOC(=O)C(=CNc1nc(-c2ccccc2)ns1)C(=O)OCC. The third kappa shape index (κ3) is 4.63. The summed E-state index contributed by atoms with van der Waals surface area (Å²) in [4.78, 5) is 28.0. The molecule has 1 aromatic heterocycles. The average Bonchev–Trinajstić information content (AvgIpc) is 3.05. The lowest BCUT2D eigenvalue weighted by Crippen LogP contribution is -2.19. The van der Waals surface area contributed by atoms with Crippen molar-refractivity contribution in [1.29, 1.82) is 0 Å². The van der Waals surface area contributed by atoms with Gasteiger partial charge >= 0.3 is 11.9 Å². The van der Waals surface area contributed by atoms with E-state index in [1.807, 2.05) is 30.3 Å². The Morgan fingerprint density at radius 2 is 1.75 bits per heavy atom. The van der Waals surface area contributed by atoms with Crippen LogP contribution in [0.3, 0.4) is 0 Å². The van der Waals surface area contributed by atoms with Crippen molar-refractivity contribution >= 4 is 28.6 Å². The monoisotopic (exact) mass is 347 g/mol. The van der Waals surface area contributed by atoms with E-state index in [2.05, 4.69) is 14.7 Å². The maximum Gasteiger partial charge on any atom is 0.347 e. The number of carbonyl (C=O) groups excluding carboxylic acids is 2. The van der Waals surface area contributed by atoms with Crippen molar-refractivity contribution in [3.05, 3.63) is 42.1 Å². The number of nitrogens with one attached hydrogen (secondary N) is 1. The van der Waals surface area contributed by atoms with Gasteiger partial charge in [-0.15, -0.1) is 0 Å². The van der Waals surface area contributed by atoms with Crippen LogP contribution in [0.1, 0.15) is 13.8 Å². The maximum absolute atomic E-state index is 11.8. The molecule has 8 heteroatoms. The first-order valence-electron chi connectivity index (χ1n) is 7.35. The van der Waals surface area contributed by atoms with Gasteiger partial charge < -0.3 is 14.8 Å². The fraction of sp³-hybridized carbons (Fsp3) is 0.250. The van der Waals surface area contributed by atoms with Gasteiger partial charge in [-0.3, -0.25) is 0 Å². The van der Waals surface area contributed by atoms with E-state index in [0.717, 1.165) is 17.1 Å². The molecule has 7 nitrogen and oxygen atoms in total. The third-order valence-electron chi connectivity index (χ3n) is 2.79. The first kappa shape index (κ1) is 17.6. The minimum atomic E-state index is -0.753. The molecule has 0 aliphatic heterocycles. The third-order valence-corrected chi connectivity index (χ3v) is 3.43. The molecule has 0 saturated carbocycles. The Morgan fingerprint density at radius 3 is 2.33 bits per heavy atom. The molecule has 0 spiro atoms. The summed E-state index contributed by atoms with van der Waals surface area (Å²) in [5, 5.41) is 3.24. The number of esters is 2. The molecule has 0 fully saturated rings. The number of hydrogen-bond acceptors (Lipinski definition) is 8. The molecule has 1 aromatic carbocycles. The van der Waals surface area contributed by atoms with Crippen molar-refractivity contribution in [2.24, 2.45) is 0 Å². The van der Waals surface area contributed by atoms with E-state index in [1.165, 1.54) is 6.20 Å². The van der Waals surface area contributed by atoms with Gasteiger partial charge in [0.25, 0.3) is 0 Å². The lowest BCUT2D eigenvalue weighted by Gasteiger charge is -2.06. The van der Waals surface area contributed by atoms with Crippen LogP contribution in [0, 0.1) is 0 Å². The molecule has 0 bridgehead atoms. The zero-order valence-corrected chi connectivity index (χ0v) is 14.1. The van der Waals surface area contributed by atoms with Gasteiger partial charge in [-0.1, -0.05) is 30.3 Å². The Morgan fingerprint density at radius 1 is 1.12 bits per heavy atom. The van der Waals surface area contributed by atoms with Crippen molar-refractivity contribution in [3.63, 3.8) is 0 Å². The quantitative estimate of drug-likeness (QED) is 0.356. The highest BCUT2D eigenvalue weighted by Crippen LogP contribution is 2.20. The Kier molecular flexibility index (Phi) is 6.44. The topological polar surface area (TPSA) is 90.4 Å². The van der Waals surface area contributed by atoms with Crippen LogP contribution in [-0.2, 0) is 19.1 Å². The summed E-state index contributed by atoms with van der Waals surface area (Å²) >= 11 is 1.12. The van der Waals surface area contributed by atoms with Crippen LogP contribution in [0.25, 0.3) is 11.4 Å². The van der Waals surface area contributed by atoms with Crippen molar-refractivity contribution in [2.45, 2.75) is 13.8 Å². The molecule has 1 heterocycles. The molecular weight excluding hydrogens is 330 g/mol. The van der Waals surface area contributed by atoms with E-state index in [4.69, 9.17) is 9.47 Å². The first-order valence-corrected chi connectivity index (χ1v) is 8.13. The lowest BCUT2D eigenvalue weighted by molar-refractivity contribution is -0.146. The number of hydrogen-bond donors (Lipinski definition) is 1. The van der Waals surface area contributed by atoms with E-state index in [9.17, 15) is 9.59 Å². The second-order valence-electron chi connectivity index (χ2n) is 4.43. The van der Waals surface area contributed by atoms with Gasteiger partial charge in [-0.25, -0.2) is 9.59 Å². The number of benzene rings is 1. The summed E-state index contributed by atoms with van der Waals surface area (Å²) in [6.45, 7) is 3.63. The Labute approximate surface area is 143 Å². The van der Waals surface area contributed by atoms with Crippen molar-refractivity contribution < 1.29 is 19.1 Å². The molecule has 2 rings (SSSR count). The van der Waals surface area contributed by atoms with Crippen LogP contribution in [0.4, 0.5) is 5.13 Å². The van der Waals surface area contributed by atoms with E-state index in [-0.39, 0.29) is 18.8 Å². The fourth-order valence-corrected chi connectivity index (χ4v) is 2.30. The predicted molar refractivity (Wildman–Crippen MR) is 90.3 cm³/mol. The molecule has 126 valence electrons. The summed E-state index contributed by atoms with van der Waals surface area (Å²) < 4.78 is 13.9. The lowest BCUT2D eigenvalue weighted by atomic mass is 10.2. The number of nitrogens with zero attached hydrogens (tertiary/aromatic N) is 2. The molecule has 0 aliphatic rings. The zero-order chi connectivity index (χ0) is 17.4. The number of rotatable bonds is 7. The molecule has 0 unspecified atom stereocenters. The Balaban J connectivity index is 2.15. The van der Waals surface area contributed by atoms with Gasteiger partial charge in [0.1, 0.15) is 0 Å². The second kappa shape index (κ2) is 8.78. The standard InChI is InChI=1S/C16H17N3O4S/c1-3-22-14(20)12(15(21)23-4-2)10-17-16-18-13(19-24-16)11-8-6-5-7-9-11/h5-10H,3-4H2,1-2H3,(H,17,18,19). The van der Waals surface area contributed by atoms with Crippen LogP contribution in [0.2, 0.25) is 0 Å². The van der Waals surface area contributed by atoms with Gasteiger partial charge in [0.05, 0.1) is 13.2 Å². The van der Waals surface area contributed by atoms with Crippen molar-refractivity contribution in [3.8, 4) is 11.4 Å². The largest absolute Gasteiger partial charge is 0.462 e. The number of anilines is 1. The highest BCUT2D eigenvalue weighted by atomic mass is 32.1. The van der Waals surface area contributed by atoms with Gasteiger partial charge in [0, 0.05) is 23.3 Å². The molecule has 0 aliphatic carbocycles. The number of carbonyl (C=O) groups is 2. The molecule has 0 amide bonds. The van der Waals surface area contributed by atoms with Gasteiger partial charge in [0.15, 0.2) is 11.4 Å². The normalized spacial score (nSPS) is 9.92. The van der Waals surface area contributed by atoms with Crippen molar-refractivity contribution in [1.82, 2.24) is 9.36 Å². The Bertz CT molecular complexity index is 708. The fourth-order valence-electron chi connectivity index (χ4n) is 1.74. The van der Waals surface area contributed by atoms with Crippen LogP contribution in [0.5, 0.6) is 0 Å². The maximum atomic E-state index is 11.8. The molecule has 2 aromatic rings. The van der Waals surface area contributed by atoms with Crippen LogP contribution in [-0.4, -0.2) is 34.5 Å². The highest BCUT2D eigenvalue weighted by molar-refractivity contribution is 7.09. The number of aromatic nitrogens is 2. The second-order valence-corrected chi connectivity index (χ2v) is 5.18. The summed E-state index contributed by atoms with van der Waals surface area (Å²) in [5.74, 6) is -0.946. The van der Waals surface area contributed by atoms with Crippen LogP contribution < -0.4 is 5.32 Å². The van der Waals surface area contributed by atoms with Gasteiger partial charge in [-0.05, 0) is 13.8 Å². The van der Waals surface area contributed by atoms with Crippen LogP contribution >= 0.6 is 11.5 Å². The van der Waals surface area contributed by atoms with E-state index < -0.39 is 11.9 Å². The minimum Gasteiger partial charge on any atom is -0.462 e.